The smallest absolute Gasteiger partial charge is 0.208 e. The van der Waals surface area contributed by atoms with E-state index in [0.717, 1.165) is 12.3 Å². The highest BCUT2D eigenvalue weighted by Gasteiger charge is 1.93. The van der Waals surface area contributed by atoms with Crippen LogP contribution in [0.5, 0.6) is 0 Å². The van der Waals surface area contributed by atoms with Gasteiger partial charge in [-0.25, -0.2) is 0 Å². The van der Waals surface area contributed by atoms with E-state index < -0.39 is 0 Å². The van der Waals surface area contributed by atoms with E-state index in [1.807, 2.05) is 6.08 Å². The molecule has 0 bridgehead atoms. The van der Waals surface area contributed by atoms with Gasteiger partial charge in [0.2, 0.25) is 5.12 Å². The Morgan fingerprint density at radius 2 is 2.00 bits per heavy atom. The first-order valence-electron chi connectivity index (χ1n) is 5.02. The molecule has 0 aliphatic carbocycles. The molecule has 0 aromatic rings. The van der Waals surface area contributed by atoms with E-state index in [9.17, 15) is 4.79 Å². The van der Waals surface area contributed by atoms with Gasteiger partial charge in [0.1, 0.15) is 0 Å². The minimum absolute atomic E-state index is 0.151. The van der Waals surface area contributed by atoms with E-state index >= 15 is 0 Å². The summed E-state index contributed by atoms with van der Waals surface area (Å²) in [5, 5.41) is -0.151. The molecule has 0 amide bonds. The standard InChI is InChI=1S/C11H20OS/c1-10(2)8-6-4-3-5-7-9-11(12)13/h7,9-10H,3-6,8H2,1-2H3,(H,12,13). The van der Waals surface area contributed by atoms with E-state index in [2.05, 4.69) is 26.5 Å². The molecule has 0 N–H and O–H groups in total. The number of carbonyl (C=O) groups is 1. The molecule has 0 aliphatic rings. The van der Waals surface area contributed by atoms with Gasteiger partial charge in [-0.3, -0.25) is 4.79 Å². The second kappa shape index (κ2) is 8.36. The van der Waals surface area contributed by atoms with E-state index in [4.69, 9.17) is 0 Å². The summed E-state index contributed by atoms with van der Waals surface area (Å²) >= 11 is 3.64. The van der Waals surface area contributed by atoms with Crippen LogP contribution in [-0.2, 0) is 4.79 Å². The second-order valence-corrected chi connectivity index (χ2v) is 4.21. The molecule has 0 aliphatic heterocycles. The first kappa shape index (κ1) is 12.8. The molecular formula is C11H20OS. The maximum atomic E-state index is 10.4. The van der Waals surface area contributed by atoms with Crippen LogP contribution in [0.2, 0.25) is 0 Å². The van der Waals surface area contributed by atoms with Crippen molar-refractivity contribution in [3.05, 3.63) is 12.2 Å². The molecule has 1 nitrogen and oxygen atoms in total. The van der Waals surface area contributed by atoms with Crippen LogP contribution in [0.4, 0.5) is 0 Å². The van der Waals surface area contributed by atoms with Gasteiger partial charge in [-0.2, -0.15) is 0 Å². The Balaban J connectivity index is 3.13. The van der Waals surface area contributed by atoms with Gasteiger partial charge in [-0.15, -0.1) is 12.6 Å². The number of carbonyl (C=O) groups excluding carboxylic acids is 1. The van der Waals surface area contributed by atoms with Crippen molar-refractivity contribution in [3.63, 3.8) is 0 Å². The van der Waals surface area contributed by atoms with E-state index in [-0.39, 0.29) is 5.12 Å². The maximum Gasteiger partial charge on any atom is 0.208 e. The molecular weight excluding hydrogens is 180 g/mol. The number of hydrogen-bond donors (Lipinski definition) is 1. The number of rotatable bonds is 7. The lowest BCUT2D eigenvalue weighted by molar-refractivity contribution is -0.106. The summed E-state index contributed by atoms with van der Waals surface area (Å²) in [5.74, 6) is 0.814. The summed E-state index contributed by atoms with van der Waals surface area (Å²) in [6.07, 6.45) is 9.52. The van der Waals surface area contributed by atoms with Crippen LogP contribution in [0.3, 0.4) is 0 Å². The molecule has 13 heavy (non-hydrogen) atoms. The third-order valence-electron chi connectivity index (χ3n) is 1.91. The number of unbranched alkanes of at least 4 members (excludes halogenated alkanes) is 3. The molecule has 0 aromatic carbocycles. The van der Waals surface area contributed by atoms with Crippen LogP contribution in [0.15, 0.2) is 12.2 Å². The Labute approximate surface area is 87.0 Å². The predicted octanol–water partition coefficient (Wildman–Crippen LogP) is 3.61. The van der Waals surface area contributed by atoms with Gasteiger partial charge in [0.05, 0.1) is 0 Å². The second-order valence-electron chi connectivity index (χ2n) is 3.77. The summed E-state index contributed by atoms with van der Waals surface area (Å²) in [6, 6.07) is 0. The number of allylic oxidation sites excluding steroid dienone is 1. The fourth-order valence-corrected chi connectivity index (χ4v) is 1.28. The quantitative estimate of drug-likeness (QED) is 0.377. The SMILES string of the molecule is CC(C)CCCCCC=CC(=O)S. The van der Waals surface area contributed by atoms with Crippen molar-refractivity contribution < 1.29 is 4.79 Å². The van der Waals surface area contributed by atoms with Gasteiger partial charge >= 0.3 is 0 Å². The van der Waals surface area contributed by atoms with Gasteiger partial charge in [0, 0.05) is 0 Å². The van der Waals surface area contributed by atoms with Gasteiger partial charge in [0.25, 0.3) is 0 Å². The van der Waals surface area contributed by atoms with Gasteiger partial charge in [-0.1, -0.05) is 39.2 Å². The first-order valence-corrected chi connectivity index (χ1v) is 5.47. The zero-order valence-corrected chi connectivity index (χ0v) is 9.52. The van der Waals surface area contributed by atoms with Crippen molar-refractivity contribution >= 4 is 17.7 Å². The van der Waals surface area contributed by atoms with Crippen molar-refractivity contribution in [2.75, 3.05) is 0 Å². The van der Waals surface area contributed by atoms with Crippen LogP contribution < -0.4 is 0 Å². The molecule has 0 spiro atoms. The average molecular weight is 200 g/mol. The summed E-state index contributed by atoms with van der Waals surface area (Å²) in [7, 11) is 0. The Hall–Kier alpha value is -0.240. The molecule has 0 unspecified atom stereocenters. The van der Waals surface area contributed by atoms with Crippen molar-refractivity contribution in [1.29, 1.82) is 0 Å². The Bertz CT molecular complexity index is 161. The molecule has 76 valence electrons. The van der Waals surface area contributed by atoms with E-state index in [0.29, 0.717) is 0 Å². The van der Waals surface area contributed by atoms with Crippen LogP contribution in [0.1, 0.15) is 46.0 Å². The molecule has 2 heteroatoms. The fourth-order valence-electron chi connectivity index (χ4n) is 1.18. The Morgan fingerprint density at radius 3 is 2.54 bits per heavy atom. The lowest BCUT2D eigenvalue weighted by atomic mass is 10.0. The van der Waals surface area contributed by atoms with Crippen LogP contribution in [0, 0.1) is 5.92 Å². The predicted molar refractivity (Wildman–Crippen MR) is 61.1 cm³/mol. The first-order chi connectivity index (χ1) is 6.13. The molecule has 0 saturated heterocycles. The highest BCUT2D eigenvalue weighted by molar-refractivity contribution is 7.97. The van der Waals surface area contributed by atoms with Crippen molar-refractivity contribution in [3.8, 4) is 0 Å². The van der Waals surface area contributed by atoms with E-state index in [1.54, 1.807) is 0 Å². The lowest BCUT2D eigenvalue weighted by Gasteiger charge is -2.02. The van der Waals surface area contributed by atoms with Crippen LogP contribution >= 0.6 is 12.6 Å². The Morgan fingerprint density at radius 1 is 1.31 bits per heavy atom. The maximum absolute atomic E-state index is 10.4. The van der Waals surface area contributed by atoms with Crippen molar-refractivity contribution in [2.45, 2.75) is 46.0 Å². The minimum Gasteiger partial charge on any atom is -0.283 e. The monoisotopic (exact) mass is 200 g/mol. The molecule has 0 radical (unpaired) electrons. The van der Waals surface area contributed by atoms with E-state index in [1.165, 1.54) is 31.8 Å². The van der Waals surface area contributed by atoms with Gasteiger partial charge in [0.15, 0.2) is 0 Å². The Kier molecular flexibility index (Phi) is 8.21. The molecule has 0 aromatic heterocycles. The van der Waals surface area contributed by atoms with Crippen molar-refractivity contribution in [1.82, 2.24) is 0 Å². The zero-order chi connectivity index (χ0) is 10.1. The average Bonchev–Trinajstić information content (AvgIpc) is 2.01. The normalized spacial score (nSPS) is 11.4. The van der Waals surface area contributed by atoms with Gasteiger partial charge < -0.3 is 0 Å². The van der Waals surface area contributed by atoms with Crippen LogP contribution in [-0.4, -0.2) is 5.12 Å². The fraction of sp³-hybridized carbons (Fsp3) is 0.727. The molecule has 0 rings (SSSR count). The lowest BCUT2D eigenvalue weighted by Crippen LogP contribution is -1.86. The topological polar surface area (TPSA) is 17.1 Å². The molecule has 0 atom stereocenters. The molecule has 0 heterocycles. The zero-order valence-electron chi connectivity index (χ0n) is 8.62. The van der Waals surface area contributed by atoms with Gasteiger partial charge in [-0.05, 0) is 24.8 Å². The third kappa shape index (κ3) is 11.8. The summed E-state index contributed by atoms with van der Waals surface area (Å²) in [4.78, 5) is 10.4. The number of hydrogen-bond acceptors (Lipinski definition) is 1. The minimum atomic E-state index is -0.151. The summed E-state index contributed by atoms with van der Waals surface area (Å²) in [6.45, 7) is 4.50. The molecule has 0 saturated carbocycles. The highest BCUT2D eigenvalue weighted by Crippen LogP contribution is 2.09. The largest absolute Gasteiger partial charge is 0.283 e. The number of thiol groups is 1. The van der Waals surface area contributed by atoms with Crippen LogP contribution in [0.25, 0.3) is 0 Å². The summed E-state index contributed by atoms with van der Waals surface area (Å²) in [5.41, 5.74) is 0. The third-order valence-corrected chi connectivity index (χ3v) is 2.06. The van der Waals surface area contributed by atoms with Crippen molar-refractivity contribution in [2.24, 2.45) is 5.92 Å². The molecule has 0 fully saturated rings. The highest BCUT2D eigenvalue weighted by atomic mass is 32.1. The summed E-state index contributed by atoms with van der Waals surface area (Å²) < 4.78 is 0.